The minimum absolute atomic E-state index is 0.0588. The van der Waals surface area contributed by atoms with E-state index in [1.165, 1.54) is 0 Å². The average Bonchev–Trinajstić information content (AvgIpc) is 2.74. The molecule has 0 aliphatic heterocycles. The van der Waals surface area contributed by atoms with E-state index in [2.05, 4.69) is 14.9 Å². The molecule has 0 aromatic carbocycles. The summed E-state index contributed by atoms with van der Waals surface area (Å²) in [6.07, 6.45) is 2.69. The molecule has 1 N–H and O–H groups in total. The molecule has 0 amide bonds. The number of rotatable bonds is 3. The number of aryl methyl sites for hydroxylation is 1. The van der Waals surface area contributed by atoms with E-state index < -0.39 is 0 Å². The highest BCUT2D eigenvalue weighted by Gasteiger charge is 2.47. The molecule has 1 fully saturated rings. The first-order valence-corrected chi connectivity index (χ1v) is 4.60. The summed E-state index contributed by atoms with van der Waals surface area (Å²) in [4.78, 5) is 0. The van der Waals surface area contributed by atoms with Crippen LogP contribution in [0.5, 0.6) is 0 Å². The summed E-state index contributed by atoms with van der Waals surface area (Å²) in [5.41, 5.74) is 1.79. The van der Waals surface area contributed by atoms with Gasteiger partial charge >= 0.3 is 0 Å². The predicted molar refractivity (Wildman–Crippen MR) is 46.1 cm³/mol. The first kappa shape index (κ1) is 8.69. The summed E-state index contributed by atoms with van der Waals surface area (Å²) in [7, 11) is 0. The molecule has 72 valence electrons. The molecule has 0 radical (unpaired) electrons. The highest BCUT2D eigenvalue weighted by Crippen LogP contribution is 2.51. The first-order valence-electron chi connectivity index (χ1n) is 4.60. The minimum Gasteiger partial charge on any atom is -0.393 e. The molecule has 2 rings (SSSR count). The molecule has 1 aromatic rings. The van der Waals surface area contributed by atoms with Gasteiger partial charge in [0.05, 0.1) is 6.10 Å². The molecule has 0 bridgehead atoms. The number of aliphatic hydroxyl groups excluding tert-OH is 1. The van der Waals surface area contributed by atoms with Gasteiger partial charge in [0.2, 0.25) is 0 Å². The van der Waals surface area contributed by atoms with Crippen LogP contribution in [0.1, 0.15) is 31.2 Å². The Morgan fingerprint density at radius 3 is 2.62 bits per heavy atom. The lowest BCUT2D eigenvalue weighted by molar-refractivity contribution is 0.109. The Labute approximate surface area is 76.9 Å². The fourth-order valence-corrected chi connectivity index (χ4v) is 1.65. The third-order valence-corrected chi connectivity index (χ3v) is 3.04. The highest BCUT2D eigenvalue weighted by molar-refractivity contribution is 5.12. The molecule has 1 aliphatic rings. The molecule has 1 heterocycles. The van der Waals surface area contributed by atoms with Gasteiger partial charge in [-0.2, -0.15) is 0 Å². The average molecular weight is 182 g/mol. The van der Waals surface area contributed by atoms with Gasteiger partial charge in [0.15, 0.2) is 0 Å². The lowest BCUT2D eigenvalue weighted by atomic mass is 9.94. The van der Waals surface area contributed by atoms with Crippen molar-refractivity contribution in [2.45, 2.75) is 39.2 Å². The summed E-state index contributed by atoms with van der Waals surface area (Å²) in [6.45, 7) is 3.72. The second-order valence-corrected chi connectivity index (χ2v) is 4.01. The van der Waals surface area contributed by atoms with Crippen molar-refractivity contribution in [1.82, 2.24) is 10.3 Å². The summed E-state index contributed by atoms with van der Waals surface area (Å²) in [5.74, 6) is 0. The van der Waals surface area contributed by atoms with Crippen molar-refractivity contribution < 1.29 is 9.74 Å². The van der Waals surface area contributed by atoms with Crippen LogP contribution in [0.25, 0.3) is 0 Å². The fourth-order valence-electron chi connectivity index (χ4n) is 1.65. The monoisotopic (exact) mass is 182 g/mol. The van der Waals surface area contributed by atoms with E-state index in [0.717, 1.165) is 30.7 Å². The van der Waals surface area contributed by atoms with Crippen molar-refractivity contribution in [3.05, 3.63) is 11.4 Å². The normalized spacial score (nSPS) is 21.5. The van der Waals surface area contributed by atoms with Gasteiger partial charge in [0, 0.05) is 11.8 Å². The Kier molecular flexibility index (Phi) is 1.87. The van der Waals surface area contributed by atoms with Crippen molar-refractivity contribution in [2.24, 2.45) is 5.41 Å². The van der Waals surface area contributed by atoms with Crippen molar-refractivity contribution in [1.29, 1.82) is 0 Å². The molecule has 4 heteroatoms. The van der Waals surface area contributed by atoms with Crippen LogP contribution in [0.2, 0.25) is 0 Å². The Morgan fingerprint density at radius 1 is 1.54 bits per heavy atom. The quantitative estimate of drug-likeness (QED) is 0.760. The van der Waals surface area contributed by atoms with E-state index in [1.54, 1.807) is 0 Å². The second-order valence-electron chi connectivity index (χ2n) is 4.01. The fraction of sp³-hybridized carbons (Fsp3) is 0.778. The van der Waals surface area contributed by atoms with Crippen LogP contribution in [-0.4, -0.2) is 21.5 Å². The van der Waals surface area contributed by atoms with Gasteiger partial charge in [-0.05, 0) is 26.7 Å². The number of aromatic nitrogens is 2. The topological polar surface area (TPSA) is 59.2 Å². The van der Waals surface area contributed by atoms with Crippen LogP contribution in [-0.2, 0) is 6.42 Å². The zero-order valence-corrected chi connectivity index (χ0v) is 7.95. The summed E-state index contributed by atoms with van der Waals surface area (Å²) >= 11 is 0. The molecule has 1 aromatic heterocycles. The van der Waals surface area contributed by atoms with E-state index in [1.807, 2.05) is 13.8 Å². The van der Waals surface area contributed by atoms with Crippen LogP contribution in [0.4, 0.5) is 0 Å². The molecular weight excluding hydrogens is 168 g/mol. The largest absolute Gasteiger partial charge is 0.393 e. The minimum atomic E-state index is -0.261. The van der Waals surface area contributed by atoms with Crippen LogP contribution in [0.15, 0.2) is 4.63 Å². The molecule has 1 unspecified atom stereocenters. The molecule has 1 saturated carbocycles. The van der Waals surface area contributed by atoms with E-state index >= 15 is 0 Å². The van der Waals surface area contributed by atoms with Crippen molar-refractivity contribution in [3.8, 4) is 0 Å². The zero-order valence-electron chi connectivity index (χ0n) is 7.95. The van der Waals surface area contributed by atoms with Crippen molar-refractivity contribution >= 4 is 0 Å². The Morgan fingerprint density at radius 2 is 2.23 bits per heavy atom. The summed E-state index contributed by atoms with van der Waals surface area (Å²) in [6, 6.07) is 0. The number of hydrogen-bond acceptors (Lipinski definition) is 4. The number of aliphatic hydroxyl groups is 1. The Bertz CT molecular complexity index is 302. The Balaban J connectivity index is 2.10. The summed E-state index contributed by atoms with van der Waals surface area (Å²) in [5, 5.41) is 17.1. The van der Waals surface area contributed by atoms with Crippen LogP contribution in [0, 0.1) is 12.3 Å². The highest BCUT2D eigenvalue weighted by atomic mass is 16.6. The predicted octanol–water partition coefficient (Wildman–Crippen LogP) is 1.08. The van der Waals surface area contributed by atoms with Crippen molar-refractivity contribution in [3.63, 3.8) is 0 Å². The SMILES string of the molecule is Cc1nonc1CC1(C(C)O)CC1. The van der Waals surface area contributed by atoms with Gasteiger partial charge in [-0.1, -0.05) is 10.3 Å². The van der Waals surface area contributed by atoms with E-state index in [-0.39, 0.29) is 11.5 Å². The summed E-state index contributed by atoms with van der Waals surface area (Å²) < 4.78 is 4.62. The lowest BCUT2D eigenvalue weighted by Crippen LogP contribution is -2.21. The maximum absolute atomic E-state index is 9.55. The number of nitrogens with zero attached hydrogens (tertiary/aromatic N) is 2. The maximum Gasteiger partial charge on any atom is 0.108 e. The molecular formula is C9H14N2O2. The molecule has 1 atom stereocenters. The third kappa shape index (κ3) is 1.46. The van der Waals surface area contributed by atoms with Gasteiger partial charge in [-0.3, -0.25) is 0 Å². The molecule has 0 spiro atoms. The van der Waals surface area contributed by atoms with Crippen LogP contribution >= 0.6 is 0 Å². The molecule has 0 saturated heterocycles. The van der Waals surface area contributed by atoms with Gasteiger partial charge in [0.1, 0.15) is 11.4 Å². The number of hydrogen-bond donors (Lipinski definition) is 1. The maximum atomic E-state index is 9.55. The third-order valence-electron chi connectivity index (χ3n) is 3.04. The van der Waals surface area contributed by atoms with E-state index in [0.29, 0.717) is 0 Å². The Hall–Kier alpha value is -0.900. The van der Waals surface area contributed by atoms with Crippen LogP contribution in [0.3, 0.4) is 0 Å². The second kappa shape index (κ2) is 2.80. The first-order chi connectivity index (χ1) is 6.14. The smallest absolute Gasteiger partial charge is 0.108 e. The van der Waals surface area contributed by atoms with Gasteiger partial charge in [-0.25, -0.2) is 4.63 Å². The van der Waals surface area contributed by atoms with Crippen LogP contribution < -0.4 is 0 Å². The van der Waals surface area contributed by atoms with Gasteiger partial charge in [0.25, 0.3) is 0 Å². The standard InChI is InChI=1S/C9H14N2O2/c1-6-8(11-13-10-6)5-9(3-4-9)7(2)12/h7,12H,3-5H2,1-2H3. The molecule has 13 heavy (non-hydrogen) atoms. The van der Waals surface area contributed by atoms with Gasteiger partial charge < -0.3 is 5.11 Å². The van der Waals surface area contributed by atoms with E-state index in [4.69, 9.17) is 0 Å². The van der Waals surface area contributed by atoms with Gasteiger partial charge in [-0.15, -0.1) is 0 Å². The molecule has 4 nitrogen and oxygen atoms in total. The molecule has 1 aliphatic carbocycles. The van der Waals surface area contributed by atoms with Crippen molar-refractivity contribution in [2.75, 3.05) is 0 Å². The zero-order chi connectivity index (χ0) is 9.47. The van der Waals surface area contributed by atoms with E-state index in [9.17, 15) is 5.11 Å². The lowest BCUT2D eigenvalue weighted by Gasteiger charge is -2.16.